The average molecular weight is 252 g/mol. The molecule has 5 heteroatoms. The first-order valence-electron chi connectivity index (χ1n) is 5.98. The number of halogens is 1. The summed E-state index contributed by atoms with van der Waals surface area (Å²) in [6, 6.07) is 6.28. The molecule has 0 unspecified atom stereocenters. The molecule has 0 heterocycles. The van der Waals surface area contributed by atoms with Gasteiger partial charge in [-0.15, -0.1) is 0 Å². The third kappa shape index (κ3) is 2.79. The molecule has 1 aliphatic carbocycles. The van der Waals surface area contributed by atoms with E-state index < -0.39 is 5.54 Å². The van der Waals surface area contributed by atoms with Crippen LogP contribution in [0.2, 0.25) is 0 Å². The van der Waals surface area contributed by atoms with E-state index in [-0.39, 0.29) is 11.8 Å². The Balaban J connectivity index is 1.96. The van der Waals surface area contributed by atoms with Gasteiger partial charge in [0.05, 0.1) is 12.1 Å². The SMILES string of the molecule is COCCNC(=O)NC1(c2ccccc2F)CC1. The van der Waals surface area contributed by atoms with Gasteiger partial charge in [-0.2, -0.15) is 0 Å². The summed E-state index contributed by atoms with van der Waals surface area (Å²) >= 11 is 0. The van der Waals surface area contributed by atoms with Gasteiger partial charge in [0.2, 0.25) is 0 Å². The zero-order valence-electron chi connectivity index (χ0n) is 10.3. The lowest BCUT2D eigenvalue weighted by Gasteiger charge is -2.19. The lowest BCUT2D eigenvalue weighted by atomic mass is 10.0. The minimum absolute atomic E-state index is 0.271. The summed E-state index contributed by atoms with van der Waals surface area (Å²) in [7, 11) is 1.57. The number of hydrogen-bond acceptors (Lipinski definition) is 2. The fourth-order valence-electron chi connectivity index (χ4n) is 1.96. The summed E-state index contributed by atoms with van der Waals surface area (Å²) in [6.45, 7) is 0.899. The minimum Gasteiger partial charge on any atom is -0.383 e. The maximum Gasteiger partial charge on any atom is 0.315 e. The van der Waals surface area contributed by atoms with Gasteiger partial charge in [-0.25, -0.2) is 9.18 Å². The lowest BCUT2D eigenvalue weighted by Crippen LogP contribution is -2.43. The normalized spacial score (nSPS) is 16.1. The average Bonchev–Trinajstić information content (AvgIpc) is 3.10. The highest BCUT2D eigenvalue weighted by atomic mass is 19.1. The molecule has 4 nitrogen and oxygen atoms in total. The van der Waals surface area contributed by atoms with Crippen molar-refractivity contribution >= 4 is 6.03 Å². The number of carbonyl (C=O) groups excluding carboxylic acids is 1. The molecule has 1 saturated carbocycles. The van der Waals surface area contributed by atoms with Crippen molar-refractivity contribution < 1.29 is 13.9 Å². The molecule has 0 aliphatic heterocycles. The van der Waals surface area contributed by atoms with Gasteiger partial charge in [0.25, 0.3) is 0 Å². The van der Waals surface area contributed by atoms with Crippen molar-refractivity contribution in [3.05, 3.63) is 35.6 Å². The number of methoxy groups -OCH3 is 1. The Bertz CT molecular complexity index is 433. The van der Waals surface area contributed by atoms with Gasteiger partial charge in [-0.3, -0.25) is 0 Å². The van der Waals surface area contributed by atoms with Gasteiger partial charge >= 0.3 is 6.03 Å². The zero-order valence-corrected chi connectivity index (χ0v) is 10.3. The molecule has 1 fully saturated rings. The van der Waals surface area contributed by atoms with Crippen LogP contribution in [0.4, 0.5) is 9.18 Å². The number of rotatable bonds is 5. The van der Waals surface area contributed by atoms with Crippen molar-refractivity contribution in [3.8, 4) is 0 Å². The van der Waals surface area contributed by atoms with Crippen LogP contribution in [-0.2, 0) is 10.3 Å². The standard InChI is InChI=1S/C13H17FN2O2/c1-18-9-8-15-12(17)16-13(6-7-13)10-4-2-3-5-11(10)14/h2-5H,6-9H2,1H3,(H2,15,16,17). The number of hydrogen-bond donors (Lipinski definition) is 2. The highest BCUT2D eigenvalue weighted by Gasteiger charge is 2.47. The van der Waals surface area contributed by atoms with Gasteiger partial charge in [-0.1, -0.05) is 18.2 Å². The molecule has 0 atom stereocenters. The molecule has 1 aliphatic rings. The van der Waals surface area contributed by atoms with Crippen LogP contribution in [0.25, 0.3) is 0 Å². The molecule has 98 valence electrons. The highest BCUT2D eigenvalue weighted by Crippen LogP contribution is 2.46. The van der Waals surface area contributed by atoms with Crippen LogP contribution in [0.3, 0.4) is 0 Å². The lowest BCUT2D eigenvalue weighted by molar-refractivity contribution is 0.194. The summed E-state index contributed by atoms with van der Waals surface area (Å²) in [5.41, 5.74) is 0.0366. The minimum atomic E-state index is -0.525. The summed E-state index contributed by atoms with van der Waals surface area (Å²) in [5.74, 6) is -0.271. The monoisotopic (exact) mass is 252 g/mol. The van der Waals surface area contributed by atoms with Crippen LogP contribution in [0, 0.1) is 5.82 Å². The number of benzene rings is 1. The maximum absolute atomic E-state index is 13.7. The van der Waals surface area contributed by atoms with Crippen molar-refractivity contribution in [2.45, 2.75) is 18.4 Å². The molecule has 1 aromatic carbocycles. The Kier molecular flexibility index (Phi) is 3.81. The first-order valence-corrected chi connectivity index (χ1v) is 5.98. The Hall–Kier alpha value is -1.62. The van der Waals surface area contributed by atoms with Gasteiger partial charge in [0, 0.05) is 19.2 Å². The maximum atomic E-state index is 13.7. The van der Waals surface area contributed by atoms with E-state index in [1.165, 1.54) is 6.07 Å². The van der Waals surface area contributed by atoms with Gasteiger partial charge in [0.1, 0.15) is 5.82 Å². The molecule has 2 amide bonds. The Morgan fingerprint density at radius 3 is 2.78 bits per heavy atom. The van der Waals surface area contributed by atoms with E-state index in [1.807, 2.05) is 0 Å². The summed E-state index contributed by atoms with van der Waals surface area (Å²) in [4.78, 5) is 11.7. The summed E-state index contributed by atoms with van der Waals surface area (Å²) in [5, 5.41) is 5.51. The van der Waals surface area contributed by atoms with Crippen molar-refractivity contribution in [2.75, 3.05) is 20.3 Å². The molecule has 0 aromatic heterocycles. The second kappa shape index (κ2) is 5.35. The zero-order chi connectivity index (χ0) is 13.0. The first kappa shape index (κ1) is 12.8. The van der Waals surface area contributed by atoms with E-state index in [1.54, 1.807) is 25.3 Å². The van der Waals surface area contributed by atoms with Crippen LogP contribution in [-0.4, -0.2) is 26.3 Å². The first-order chi connectivity index (χ1) is 8.68. The third-order valence-corrected chi connectivity index (χ3v) is 3.08. The van der Waals surface area contributed by atoms with Crippen molar-refractivity contribution in [2.24, 2.45) is 0 Å². The molecule has 18 heavy (non-hydrogen) atoms. The molecule has 0 spiro atoms. The highest BCUT2D eigenvalue weighted by molar-refractivity contribution is 5.75. The van der Waals surface area contributed by atoms with E-state index >= 15 is 0 Å². The molecule has 1 aromatic rings. The quantitative estimate of drug-likeness (QED) is 0.784. The number of amides is 2. The molecule has 2 N–H and O–H groups in total. The Morgan fingerprint density at radius 2 is 2.17 bits per heavy atom. The smallest absolute Gasteiger partial charge is 0.315 e. The van der Waals surface area contributed by atoms with Crippen molar-refractivity contribution in [1.29, 1.82) is 0 Å². The van der Waals surface area contributed by atoms with Crippen LogP contribution >= 0.6 is 0 Å². The summed E-state index contributed by atoms with van der Waals surface area (Å²) in [6.07, 6.45) is 1.54. The van der Waals surface area contributed by atoms with Gasteiger partial charge < -0.3 is 15.4 Å². The second-order valence-electron chi connectivity index (χ2n) is 4.44. The van der Waals surface area contributed by atoms with Crippen LogP contribution in [0.5, 0.6) is 0 Å². The van der Waals surface area contributed by atoms with Gasteiger partial charge in [-0.05, 0) is 18.9 Å². The van der Waals surface area contributed by atoms with Crippen LogP contribution < -0.4 is 10.6 Å². The van der Waals surface area contributed by atoms with E-state index in [9.17, 15) is 9.18 Å². The molecule has 0 bridgehead atoms. The predicted octanol–water partition coefficient (Wildman–Crippen LogP) is 1.76. The fourth-order valence-corrected chi connectivity index (χ4v) is 1.96. The second-order valence-corrected chi connectivity index (χ2v) is 4.44. The van der Waals surface area contributed by atoms with Crippen molar-refractivity contribution in [3.63, 3.8) is 0 Å². The Labute approximate surface area is 106 Å². The predicted molar refractivity (Wildman–Crippen MR) is 65.7 cm³/mol. The van der Waals surface area contributed by atoms with Crippen LogP contribution in [0.1, 0.15) is 18.4 Å². The molecule has 0 radical (unpaired) electrons. The topological polar surface area (TPSA) is 50.4 Å². The number of carbonyl (C=O) groups is 1. The van der Waals surface area contributed by atoms with Crippen LogP contribution in [0.15, 0.2) is 24.3 Å². The summed E-state index contributed by atoms with van der Waals surface area (Å²) < 4.78 is 18.5. The number of urea groups is 1. The van der Waals surface area contributed by atoms with Crippen molar-refractivity contribution in [1.82, 2.24) is 10.6 Å². The Morgan fingerprint density at radius 1 is 1.44 bits per heavy atom. The van der Waals surface area contributed by atoms with E-state index in [0.29, 0.717) is 18.7 Å². The number of nitrogens with one attached hydrogen (secondary N) is 2. The largest absolute Gasteiger partial charge is 0.383 e. The van der Waals surface area contributed by atoms with Gasteiger partial charge in [0.15, 0.2) is 0 Å². The molecule has 0 saturated heterocycles. The fraction of sp³-hybridized carbons (Fsp3) is 0.462. The number of ether oxygens (including phenoxy) is 1. The third-order valence-electron chi connectivity index (χ3n) is 3.08. The molecular formula is C13H17FN2O2. The van der Waals surface area contributed by atoms with E-state index in [0.717, 1.165) is 12.8 Å². The van der Waals surface area contributed by atoms with E-state index in [2.05, 4.69) is 10.6 Å². The molecular weight excluding hydrogens is 235 g/mol. The molecule has 2 rings (SSSR count). The van der Waals surface area contributed by atoms with E-state index in [4.69, 9.17) is 4.74 Å².